The first-order valence-electron chi connectivity index (χ1n) is 8.36. The van der Waals surface area contributed by atoms with Gasteiger partial charge in [-0.15, -0.1) is 0 Å². The third kappa shape index (κ3) is 4.40. The number of urea groups is 1. The molecule has 2 amide bonds. The van der Waals surface area contributed by atoms with Gasteiger partial charge in [-0.1, -0.05) is 0 Å². The molecule has 0 unspecified atom stereocenters. The largest absolute Gasteiger partial charge is 0.464 e. The second-order valence-corrected chi connectivity index (χ2v) is 6.10. The van der Waals surface area contributed by atoms with E-state index in [9.17, 15) is 4.79 Å². The van der Waals surface area contributed by atoms with E-state index in [1.54, 1.807) is 29.2 Å². The Hall–Kier alpha value is -2.78. The van der Waals surface area contributed by atoms with Crippen LogP contribution in [0.4, 0.5) is 10.5 Å². The SMILES string of the molecule is Cc1ccc(CN(C(=O)Nc2ccc(C#N)cc2)C2CCOCC2)o1. The van der Waals surface area contributed by atoms with Gasteiger partial charge in [-0.2, -0.15) is 5.26 Å². The Morgan fingerprint density at radius 3 is 2.56 bits per heavy atom. The summed E-state index contributed by atoms with van der Waals surface area (Å²) in [7, 11) is 0. The molecule has 0 radical (unpaired) electrons. The van der Waals surface area contributed by atoms with Crippen molar-refractivity contribution in [2.45, 2.75) is 32.4 Å². The highest BCUT2D eigenvalue weighted by molar-refractivity contribution is 5.89. The fraction of sp³-hybridized carbons (Fsp3) is 0.368. The molecule has 6 heteroatoms. The Bertz CT molecular complexity index is 755. The fourth-order valence-electron chi connectivity index (χ4n) is 2.92. The molecular formula is C19H21N3O3. The van der Waals surface area contributed by atoms with Gasteiger partial charge in [0.05, 0.1) is 18.2 Å². The Morgan fingerprint density at radius 2 is 1.96 bits per heavy atom. The van der Waals surface area contributed by atoms with Gasteiger partial charge < -0.3 is 19.4 Å². The van der Waals surface area contributed by atoms with Crippen molar-refractivity contribution in [2.24, 2.45) is 0 Å². The predicted molar refractivity (Wildman–Crippen MR) is 93.0 cm³/mol. The first-order valence-corrected chi connectivity index (χ1v) is 8.36. The molecule has 1 aromatic carbocycles. The minimum atomic E-state index is -0.175. The van der Waals surface area contributed by atoms with Gasteiger partial charge in [-0.3, -0.25) is 0 Å². The van der Waals surface area contributed by atoms with Crippen LogP contribution in [-0.2, 0) is 11.3 Å². The number of nitrogens with one attached hydrogen (secondary N) is 1. The van der Waals surface area contributed by atoms with Crippen molar-refractivity contribution in [3.63, 3.8) is 0 Å². The highest BCUT2D eigenvalue weighted by atomic mass is 16.5. The number of hydrogen-bond acceptors (Lipinski definition) is 4. The molecule has 1 N–H and O–H groups in total. The summed E-state index contributed by atoms with van der Waals surface area (Å²) in [4.78, 5) is 14.6. The number of ether oxygens (including phenoxy) is 1. The van der Waals surface area contributed by atoms with Crippen LogP contribution in [-0.4, -0.2) is 30.2 Å². The molecular weight excluding hydrogens is 318 g/mol. The Labute approximate surface area is 147 Å². The normalized spacial score (nSPS) is 14.7. The van der Waals surface area contributed by atoms with Crippen molar-refractivity contribution in [3.8, 4) is 6.07 Å². The van der Waals surface area contributed by atoms with E-state index in [-0.39, 0.29) is 12.1 Å². The summed E-state index contributed by atoms with van der Waals surface area (Å²) >= 11 is 0. The molecule has 3 rings (SSSR count). The monoisotopic (exact) mass is 339 g/mol. The van der Waals surface area contributed by atoms with Crippen LogP contribution in [0.1, 0.15) is 29.9 Å². The molecule has 1 fully saturated rings. The number of rotatable bonds is 4. The van der Waals surface area contributed by atoms with Crippen molar-refractivity contribution in [1.82, 2.24) is 4.90 Å². The third-order valence-corrected chi connectivity index (χ3v) is 4.28. The number of amides is 2. The molecule has 0 bridgehead atoms. The summed E-state index contributed by atoms with van der Waals surface area (Å²) in [6, 6.07) is 12.6. The number of hydrogen-bond donors (Lipinski definition) is 1. The number of carbonyl (C=O) groups is 1. The molecule has 0 aliphatic carbocycles. The predicted octanol–water partition coefficient (Wildman–Crippen LogP) is 3.67. The van der Waals surface area contributed by atoms with Gasteiger partial charge in [-0.05, 0) is 56.2 Å². The summed E-state index contributed by atoms with van der Waals surface area (Å²) in [5, 5.41) is 11.8. The van der Waals surface area contributed by atoms with E-state index in [2.05, 4.69) is 11.4 Å². The van der Waals surface area contributed by atoms with Crippen LogP contribution in [0.2, 0.25) is 0 Å². The molecule has 2 heterocycles. The van der Waals surface area contributed by atoms with Crippen molar-refractivity contribution >= 4 is 11.7 Å². The van der Waals surface area contributed by atoms with Crippen molar-refractivity contribution < 1.29 is 13.9 Å². The smallest absolute Gasteiger partial charge is 0.322 e. The molecule has 2 aromatic rings. The van der Waals surface area contributed by atoms with Gasteiger partial charge in [0.1, 0.15) is 11.5 Å². The highest BCUT2D eigenvalue weighted by Crippen LogP contribution is 2.20. The standard InChI is InChI=1S/C19H21N3O3/c1-14-2-7-18(25-14)13-22(17-8-10-24-11-9-17)19(23)21-16-5-3-15(12-20)4-6-16/h2-7,17H,8-11,13H2,1H3,(H,21,23). The molecule has 1 aliphatic rings. The molecule has 25 heavy (non-hydrogen) atoms. The Morgan fingerprint density at radius 1 is 1.24 bits per heavy atom. The van der Waals surface area contributed by atoms with Gasteiger partial charge in [0.25, 0.3) is 0 Å². The molecule has 130 valence electrons. The van der Waals surface area contributed by atoms with Crippen LogP contribution in [0.15, 0.2) is 40.8 Å². The van der Waals surface area contributed by atoms with Gasteiger partial charge in [-0.25, -0.2) is 4.79 Å². The van der Waals surface area contributed by atoms with Crippen molar-refractivity contribution in [2.75, 3.05) is 18.5 Å². The van der Waals surface area contributed by atoms with Crippen LogP contribution in [0, 0.1) is 18.3 Å². The number of carbonyl (C=O) groups excluding carboxylic acids is 1. The van der Waals surface area contributed by atoms with Gasteiger partial charge >= 0.3 is 6.03 Å². The molecule has 1 aliphatic heterocycles. The summed E-state index contributed by atoms with van der Waals surface area (Å²) in [5.74, 6) is 1.59. The number of aryl methyl sites for hydroxylation is 1. The van der Waals surface area contributed by atoms with Gasteiger partial charge in [0.2, 0.25) is 0 Å². The number of benzene rings is 1. The number of anilines is 1. The molecule has 0 saturated carbocycles. The molecule has 1 saturated heterocycles. The second kappa shape index (κ2) is 7.86. The Balaban J connectivity index is 1.74. The number of nitriles is 1. The molecule has 1 aromatic heterocycles. The maximum absolute atomic E-state index is 12.8. The van der Waals surface area contributed by atoms with Crippen molar-refractivity contribution in [1.29, 1.82) is 5.26 Å². The quantitative estimate of drug-likeness (QED) is 0.922. The molecule has 0 atom stereocenters. The lowest BCUT2D eigenvalue weighted by Crippen LogP contribution is -2.45. The lowest BCUT2D eigenvalue weighted by molar-refractivity contribution is 0.0442. The second-order valence-electron chi connectivity index (χ2n) is 6.10. The average molecular weight is 339 g/mol. The van der Waals surface area contributed by atoms with E-state index < -0.39 is 0 Å². The van der Waals surface area contributed by atoms with Crippen molar-refractivity contribution in [3.05, 3.63) is 53.5 Å². The van der Waals surface area contributed by atoms with E-state index in [0.29, 0.717) is 31.0 Å². The first kappa shape index (κ1) is 17.1. The highest BCUT2D eigenvalue weighted by Gasteiger charge is 2.27. The van der Waals surface area contributed by atoms with Crippen LogP contribution in [0.3, 0.4) is 0 Å². The summed E-state index contributed by atoms with van der Waals surface area (Å²) in [6.07, 6.45) is 1.61. The molecule has 0 spiro atoms. The summed E-state index contributed by atoms with van der Waals surface area (Å²) in [5.41, 5.74) is 1.22. The van der Waals surface area contributed by atoms with Crippen LogP contribution < -0.4 is 5.32 Å². The average Bonchev–Trinajstić information content (AvgIpc) is 3.06. The lowest BCUT2D eigenvalue weighted by atomic mass is 10.1. The lowest BCUT2D eigenvalue weighted by Gasteiger charge is -2.33. The zero-order chi connectivity index (χ0) is 17.6. The zero-order valence-electron chi connectivity index (χ0n) is 14.2. The fourth-order valence-corrected chi connectivity index (χ4v) is 2.92. The van der Waals surface area contributed by atoms with E-state index in [1.807, 2.05) is 19.1 Å². The van der Waals surface area contributed by atoms with Crippen LogP contribution in [0.5, 0.6) is 0 Å². The minimum absolute atomic E-state index is 0.109. The van der Waals surface area contributed by atoms with Gasteiger partial charge in [0.15, 0.2) is 0 Å². The topological polar surface area (TPSA) is 78.5 Å². The van der Waals surface area contributed by atoms with Gasteiger partial charge in [0, 0.05) is 24.9 Å². The maximum Gasteiger partial charge on any atom is 0.322 e. The van der Waals surface area contributed by atoms with E-state index in [1.165, 1.54) is 0 Å². The number of furan rings is 1. The van der Waals surface area contributed by atoms with E-state index in [4.69, 9.17) is 14.4 Å². The minimum Gasteiger partial charge on any atom is -0.464 e. The first-order chi connectivity index (χ1) is 12.2. The van der Waals surface area contributed by atoms with E-state index >= 15 is 0 Å². The van der Waals surface area contributed by atoms with E-state index in [0.717, 1.165) is 24.4 Å². The summed E-state index contributed by atoms with van der Waals surface area (Å²) < 4.78 is 11.1. The van der Waals surface area contributed by atoms with Crippen LogP contribution >= 0.6 is 0 Å². The molecule has 6 nitrogen and oxygen atoms in total. The third-order valence-electron chi connectivity index (χ3n) is 4.28. The number of nitrogens with zero attached hydrogens (tertiary/aromatic N) is 2. The zero-order valence-corrected chi connectivity index (χ0v) is 14.2. The Kier molecular flexibility index (Phi) is 5.36. The summed E-state index contributed by atoms with van der Waals surface area (Å²) in [6.45, 7) is 3.62. The maximum atomic E-state index is 12.8. The van der Waals surface area contributed by atoms with Crippen LogP contribution in [0.25, 0.3) is 0 Å².